The van der Waals surface area contributed by atoms with Crippen LogP contribution in [0.3, 0.4) is 0 Å². The Morgan fingerprint density at radius 1 is 1.12 bits per heavy atom. The van der Waals surface area contributed by atoms with Crippen LogP contribution in [0.1, 0.15) is 26.7 Å². The van der Waals surface area contributed by atoms with Gasteiger partial charge in [-0.1, -0.05) is 26.3 Å². The Balaban J connectivity index is 1.78. The van der Waals surface area contributed by atoms with Crippen molar-refractivity contribution in [1.29, 1.82) is 0 Å². The number of hydrogen-bond acceptors (Lipinski definition) is 4. The van der Waals surface area contributed by atoms with Gasteiger partial charge in [0, 0.05) is 24.2 Å². The quantitative estimate of drug-likeness (QED) is 0.648. The van der Waals surface area contributed by atoms with Gasteiger partial charge in [-0.15, -0.1) is 0 Å². The van der Waals surface area contributed by atoms with Crippen molar-refractivity contribution in [3.8, 4) is 17.0 Å². The highest BCUT2D eigenvalue weighted by Crippen LogP contribution is 2.24. The predicted octanol–water partition coefficient (Wildman–Crippen LogP) is 5.15. The van der Waals surface area contributed by atoms with E-state index in [1.807, 2.05) is 43.6 Å². The van der Waals surface area contributed by atoms with E-state index in [4.69, 9.17) is 9.72 Å². The third kappa shape index (κ3) is 4.27. The number of aromatic nitrogens is 2. The van der Waals surface area contributed by atoms with Crippen LogP contribution in [0.4, 0.5) is 5.82 Å². The number of hydrogen-bond donors (Lipinski definition) is 1. The molecule has 4 nitrogen and oxygen atoms in total. The van der Waals surface area contributed by atoms with Gasteiger partial charge in [0.05, 0.1) is 17.8 Å². The predicted molar refractivity (Wildman–Crippen MR) is 104 cm³/mol. The van der Waals surface area contributed by atoms with Crippen molar-refractivity contribution < 1.29 is 4.74 Å². The maximum absolute atomic E-state index is 5.92. The first-order chi connectivity index (χ1) is 12.2. The second kappa shape index (κ2) is 7.97. The normalized spacial score (nSPS) is 12.1. The van der Waals surface area contributed by atoms with Crippen molar-refractivity contribution in [1.82, 2.24) is 9.97 Å². The molecule has 4 heteroatoms. The minimum absolute atomic E-state index is 0.578. The summed E-state index contributed by atoms with van der Waals surface area (Å²) < 4.78 is 5.92. The highest BCUT2D eigenvalue weighted by Gasteiger charge is 2.06. The van der Waals surface area contributed by atoms with E-state index in [0.29, 0.717) is 5.92 Å². The standard InChI is InChI=1S/C21H25N3O/c1-4-5-15(2)14-25-18-8-10-19-16(12-18)6-9-20(24-19)17-7-11-21(22-3)23-13-17/h6-13,15H,4-5,14H2,1-3H3,(H,22,23). The summed E-state index contributed by atoms with van der Waals surface area (Å²) in [7, 11) is 1.86. The molecule has 0 spiro atoms. The third-order valence-electron chi connectivity index (χ3n) is 4.29. The van der Waals surface area contributed by atoms with Crippen LogP contribution in [-0.4, -0.2) is 23.6 Å². The maximum atomic E-state index is 5.92. The summed E-state index contributed by atoms with van der Waals surface area (Å²) in [5.74, 6) is 2.34. The van der Waals surface area contributed by atoms with Crippen LogP contribution < -0.4 is 10.1 Å². The van der Waals surface area contributed by atoms with Crippen LogP contribution in [0, 0.1) is 5.92 Å². The number of anilines is 1. The summed E-state index contributed by atoms with van der Waals surface area (Å²) in [5, 5.41) is 4.11. The number of ether oxygens (including phenoxy) is 1. The van der Waals surface area contributed by atoms with E-state index >= 15 is 0 Å². The number of pyridine rings is 2. The van der Waals surface area contributed by atoms with Crippen molar-refractivity contribution in [3.05, 3.63) is 48.7 Å². The van der Waals surface area contributed by atoms with E-state index in [1.165, 1.54) is 12.8 Å². The van der Waals surface area contributed by atoms with E-state index in [1.54, 1.807) is 0 Å². The molecule has 0 saturated heterocycles. The average molecular weight is 335 g/mol. The van der Waals surface area contributed by atoms with Gasteiger partial charge in [-0.25, -0.2) is 9.97 Å². The first kappa shape index (κ1) is 17.2. The molecule has 0 aliphatic carbocycles. The second-order valence-corrected chi connectivity index (χ2v) is 6.44. The van der Waals surface area contributed by atoms with Gasteiger partial charge in [-0.3, -0.25) is 0 Å². The Kier molecular flexibility index (Phi) is 5.49. The first-order valence-electron chi connectivity index (χ1n) is 8.87. The smallest absolute Gasteiger partial charge is 0.125 e. The van der Waals surface area contributed by atoms with Crippen LogP contribution in [-0.2, 0) is 0 Å². The number of nitrogens with zero attached hydrogens (tertiary/aromatic N) is 2. The number of fused-ring (bicyclic) bond motifs is 1. The summed E-state index contributed by atoms with van der Waals surface area (Å²) >= 11 is 0. The average Bonchev–Trinajstić information content (AvgIpc) is 2.66. The van der Waals surface area contributed by atoms with Crippen molar-refractivity contribution in [3.63, 3.8) is 0 Å². The fourth-order valence-electron chi connectivity index (χ4n) is 2.86. The zero-order valence-corrected chi connectivity index (χ0v) is 15.1. The van der Waals surface area contributed by atoms with Gasteiger partial charge in [0.2, 0.25) is 0 Å². The van der Waals surface area contributed by atoms with Crippen molar-refractivity contribution in [2.45, 2.75) is 26.7 Å². The summed E-state index contributed by atoms with van der Waals surface area (Å²) in [6.45, 7) is 5.19. The molecule has 0 amide bonds. The summed E-state index contributed by atoms with van der Waals surface area (Å²) in [6, 6.07) is 14.2. The molecule has 0 bridgehead atoms. The van der Waals surface area contributed by atoms with Gasteiger partial charge in [0.1, 0.15) is 11.6 Å². The molecule has 130 valence electrons. The fourth-order valence-corrected chi connectivity index (χ4v) is 2.86. The minimum Gasteiger partial charge on any atom is -0.493 e. The summed E-state index contributed by atoms with van der Waals surface area (Å²) in [5.41, 5.74) is 2.90. The third-order valence-corrected chi connectivity index (χ3v) is 4.29. The lowest BCUT2D eigenvalue weighted by molar-refractivity contribution is 0.252. The molecule has 2 aromatic heterocycles. The Bertz CT molecular complexity index is 830. The van der Waals surface area contributed by atoms with E-state index in [-0.39, 0.29) is 0 Å². The van der Waals surface area contributed by atoms with Crippen LogP contribution in [0.15, 0.2) is 48.7 Å². The molecule has 3 rings (SSSR count). The lowest BCUT2D eigenvalue weighted by atomic mass is 10.1. The van der Waals surface area contributed by atoms with Gasteiger partial charge in [0.15, 0.2) is 0 Å². The van der Waals surface area contributed by atoms with Crippen LogP contribution in [0.2, 0.25) is 0 Å². The Morgan fingerprint density at radius 3 is 2.72 bits per heavy atom. The Hall–Kier alpha value is -2.62. The lowest BCUT2D eigenvalue weighted by Gasteiger charge is -2.12. The van der Waals surface area contributed by atoms with Crippen molar-refractivity contribution >= 4 is 16.7 Å². The minimum atomic E-state index is 0.578. The van der Waals surface area contributed by atoms with Crippen molar-refractivity contribution in [2.75, 3.05) is 19.0 Å². The van der Waals surface area contributed by atoms with Crippen LogP contribution >= 0.6 is 0 Å². The molecule has 2 heterocycles. The molecular formula is C21H25N3O. The Labute approximate surface area is 149 Å². The largest absolute Gasteiger partial charge is 0.493 e. The SMILES string of the molecule is CCCC(C)COc1ccc2nc(-c3ccc(NC)nc3)ccc2c1. The van der Waals surface area contributed by atoms with E-state index in [9.17, 15) is 0 Å². The zero-order chi connectivity index (χ0) is 17.6. The molecule has 1 atom stereocenters. The molecule has 0 saturated carbocycles. The molecule has 0 fully saturated rings. The number of nitrogens with one attached hydrogen (secondary N) is 1. The highest BCUT2D eigenvalue weighted by molar-refractivity contribution is 5.82. The number of benzene rings is 1. The molecule has 0 radical (unpaired) electrons. The maximum Gasteiger partial charge on any atom is 0.125 e. The topological polar surface area (TPSA) is 47.0 Å². The Morgan fingerprint density at radius 2 is 2.00 bits per heavy atom. The van der Waals surface area contributed by atoms with Crippen molar-refractivity contribution in [2.24, 2.45) is 5.92 Å². The summed E-state index contributed by atoms with van der Waals surface area (Å²) in [4.78, 5) is 9.10. The highest BCUT2D eigenvalue weighted by atomic mass is 16.5. The first-order valence-corrected chi connectivity index (χ1v) is 8.87. The molecular weight excluding hydrogens is 310 g/mol. The molecule has 1 N–H and O–H groups in total. The molecule has 0 aliphatic heterocycles. The molecule has 1 unspecified atom stereocenters. The van der Waals surface area contributed by atoms with Gasteiger partial charge in [0.25, 0.3) is 0 Å². The van der Waals surface area contributed by atoms with E-state index in [2.05, 4.69) is 36.3 Å². The van der Waals surface area contributed by atoms with Gasteiger partial charge in [-0.2, -0.15) is 0 Å². The molecule has 3 aromatic rings. The summed E-state index contributed by atoms with van der Waals surface area (Å²) in [6.07, 6.45) is 4.23. The second-order valence-electron chi connectivity index (χ2n) is 6.44. The molecule has 25 heavy (non-hydrogen) atoms. The monoisotopic (exact) mass is 335 g/mol. The van der Waals surface area contributed by atoms with Gasteiger partial charge < -0.3 is 10.1 Å². The van der Waals surface area contributed by atoms with Gasteiger partial charge in [-0.05, 0) is 48.7 Å². The zero-order valence-electron chi connectivity index (χ0n) is 15.1. The van der Waals surface area contributed by atoms with Crippen LogP contribution in [0.25, 0.3) is 22.2 Å². The van der Waals surface area contributed by atoms with E-state index < -0.39 is 0 Å². The molecule has 0 aliphatic rings. The molecule has 1 aromatic carbocycles. The number of rotatable bonds is 7. The fraction of sp³-hybridized carbons (Fsp3) is 0.333. The van der Waals surface area contributed by atoms with Gasteiger partial charge >= 0.3 is 0 Å². The lowest BCUT2D eigenvalue weighted by Crippen LogP contribution is -2.08. The van der Waals surface area contributed by atoms with E-state index in [0.717, 1.165) is 40.3 Å². The van der Waals surface area contributed by atoms with Crippen LogP contribution in [0.5, 0.6) is 5.75 Å².